The molecule has 0 unspecified atom stereocenters. The average Bonchev–Trinajstić information content (AvgIpc) is 2.28. The molecule has 0 bridgehead atoms. The molecule has 2 nitrogen and oxygen atoms in total. The first-order chi connectivity index (χ1) is 8.38. The quantitative estimate of drug-likeness (QED) is 0.839. The lowest BCUT2D eigenvalue weighted by Crippen LogP contribution is -2.30. The number of rotatable bonds is 5. The molecule has 2 heteroatoms. The topological polar surface area (TPSA) is 32.3 Å². The van der Waals surface area contributed by atoms with Gasteiger partial charge in [-0.05, 0) is 61.4 Å². The van der Waals surface area contributed by atoms with Gasteiger partial charge in [0.25, 0.3) is 0 Å². The summed E-state index contributed by atoms with van der Waals surface area (Å²) in [5.41, 5.74) is 6.14. The highest BCUT2D eigenvalue weighted by molar-refractivity contribution is 5.44. The van der Waals surface area contributed by atoms with Gasteiger partial charge in [-0.15, -0.1) is 0 Å². The Balaban J connectivity index is 2.95. The van der Waals surface area contributed by atoms with Crippen LogP contribution in [-0.2, 0) is 13.2 Å². The van der Waals surface area contributed by atoms with E-state index in [1.54, 1.807) is 0 Å². The Labute approximate surface area is 111 Å². The molecule has 0 aliphatic rings. The van der Waals surface area contributed by atoms with Crippen LogP contribution in [0.25, 0.3) is 0 Å². The van der Waals surface area contributed by atoms with Gasteiger partial charge in [-0.1, -0.05) is 19.9 Å². The van der Waals surface area contributed by atoms with Crippen molar-refractivity contribution in [3.8, 4) is 0 Å². The standard InChI is InChI=1S/C16H27NO/c1-10(2)14(6)17-8-15-11(3)7-12(4)16(9-18)13(15)5/h7,10,14,17-18H,8-9H2,1-6H3/t14-/m0/s1. The van der Waals surface area contributed by atoms with Crippen LogP contribution < -0.4 is 5.32 Å². The molecule has 1 rings (SSSR count). The molecule has 0 heterocycles. The molecule has 0 radical (unpaired) electrons. The van der Waals surface area contributed by atoms with E-state index in [1.165, 1.54) is 22.3 Å². The molecule has 0 amide bonds. The fourth-order valence-electron chi connectivity index (χ4n) is 2.29. The van der Waals surface area contributed by atoms with Crippen molar-refractivity contribution in [2.75, 3.05) is 0 Å². The Bertz CT molecular complexity index is 410. The molecule has 102 valence electrons. The van der Waals surface area contributed by atoms with Crippen molar-refractivity contribution in [1.29, 1.82) is 0 Å². The number of aryl methyl sites for hydroxylation is 2. The van der Waals surface area contributed by atoms with E-state index in [2.05, 4.69) is 52.9 Å². The molecule has 0 saturated carbocycles. The molecular formula is C16H27NO. The lowest BCUT2D eigenvalue weighted by atomic mass is 9.93. The second kappa shape index (κ2) is 6.35. The molecule has 0 aliphatic carbocycles. The molecule has 1 aromatic carbocycles. The Morgan fingerprint density at radius 3 is 2.11 bits per heavy atom. The molecule has 1 aromatic rings. The Morgan fingerprint density at radius 2 is 1.61 bits per heavy atom. The first-order valence-electron chi connectivity index (χ1n) is 6.81. The maximum atomic E-state index is 9.46. The third-order valence-corrected chi connectivity index (χ3v) is 4.05. The summed E-state index contributed by atoms with van der Waals surface area (Å²) >= 11 is 0. The second-order valence-corrected chi connectivity index (χ2v) is 5.66. The smallest absolute Gasteiger partial charge is 0.0687 e. The molecule has 1 atom stereocenters. The summed E-state index contributed by atoms with van der Waals surface area (Å²) in [6.45, 7) is 14.0. The zero-order chi connectivity index (χ0) is 13.9. The summed E-state index contributed by atoms with van der Waals surface area (Å²) in [5, 5.41) is 13.0. The maximum Gasteiger partial charge on any atom is 0.0687 e. The predicted molar refractivity (Wildman–Crippen MR) is 77.7 cm³/mol. The first-order valence-corrected chi connectivity index (χ1v) is 6.81. The Kier molecular flexibility index (Phi) is 5.36. The molecule has 0 spiro atoms. The van der Waals surface area contributed by atoms with Gasteiger partial charge in [0.15, 0.2) is 0 Å². The van der Waals surface area contributed by atoms with Crippen molar-refractivity contribution in [2.24, 2.45) is 5.92 Å². The highest BCUT2D eigenvalue weighted by atomic mass is 16.3. The van der Waals surface area contributed by atoms with E-state index >= 15 is 0 Å². The number of aliphatic hydroxyl groups excluding tert-OH is 1. The molecule has 0 aromatic heterocycles. The van der Waals surface area contributed by atoms with Gasteiger partial charge < -0.3 is 10.4 Å². The monoisotopic (exact) mass is 249 g/mol. The highest BCUT2D eigenvalue weighted by Gasteiger charge is 2.12. The van der Waals surface area contributed by atoms with Crippen molar-refractivity contribution in [2.45, 2.75) is 60.7 Å². The van der Waals surface area contributed by atoms with E-state index in [-0.39, 0.29) is 6.61 Å². The van der Waals surface area contributed by atoms with E-state index in [0.29, 0.717) is 12.0 Å². The number of aliphatic hydroxyl groups is 1. The minimum absolute atomic E-state index is 0.130. The molecule has 18 heavy (non-hydrogen) atoms. The van der Waals surface area contributed by atoms with Gasteiger partial charge >= 0.3 is 0 Å². The van der Waals surface area contributed by atoms with Crippen LogP contribution in [0, 0.1) is 26.7 Å². The van der Waals surface area contributed by atoms with Crippen molar-refractivity contribution in [1.82, 2.24) is 5.32 Å². The van der Waals surface area contributed by atoms with Crippen molar-refractivity contribution >= 4 is 0 Å². The van der Waals surface area contributed by atoms with Crippen LogP contribution in [0.5, 0.6) is 0 Å². The number of hydrogen-bond acceptors (Lipinski definition) is 2. The molecule has 0 fully saturated rings. The van der Waals surface area contributed by atoms with Crippen LogP contribution in [0.2, 0.25) is 0 Å². The third-order valence-electron chi connectivity index (χ3n) is 4.05. The van der Waals surface area contributed by atoms with Gasteiger partial charge in [-0.2, -0.15) is 0 Å². The minimum atomic E-state index is 0.130. The van der Waals surface area contributed by atoms with Crippen LogP contribution in [0.4, 0.5) is 0 Å². The SMILES string of the molecule is Cc1cc(C)c(CN[C@@H](C)C(C)C)c(C)c1CO. The normalized spacial score (nSPS) is 13.1. The van der Waals surface area contributed by atoms with Crippen molar-refractivity contribution < 1.29 is 5.11 Å². The summed E-state index contributed by atoms with van der Waals surface area (Å²) in [6.07, 6.45) is 0. The van der Waals surface area contributed by atoms with Gasteiger partial charge in [-0.3, -0.25) is 0 Å². The van der Waals surface area contributed by atoms with E-state index in [9.17, 15) is 5.11 Å². The van der Waals surface area contributed by atoms with Crippen LogP contribution in [0.15, 0.2) is 6.07 Å². The Hall–Kier alpha value is -0.860. The van der Waals surface area contributed by atoms with Gasteiger partial charge in [0.05, 0.1) is 6.61 Å². The third kappa shape index (κ3) is 3.33. The summed E-state index contributed by atoms with van der Waals surface area (Å²) in [4.78, 5) is 0. The van der Waals surface area contributed by atoms with Crippen molar-refractivity contribution in [3.63, 3.8) is 0 Å². The molecule has 0 aliphatic heterocycles. The van der Waals surface area contributed by atoms with Crippen LogP contribution in [0.3, 0.4) is 0 Å². The van der Waals surface area contributed by atoms with E-state index in [0.717, 1.165) is 12.1 Å². The van der Waals surface area contributed by atoms with Gasteiger partial charge in [0, 0.05) is 12.6 Å². The van der Waals surface area contributed by atoms with E-state index in [1.807, 2.05) is 0 Å². The first kappa shape index (κ1) is 15.2. The summed E-state index contributed by atoms with van der Waals surface area (Å²) in [5.74, 6) is 0.633. The van der Waals surface area contributed by atoms with E-state index < -0.39 is 0 Å². The zero-order valence-corrected chi connectivity index (χ0v) is 12.6. The van der Waals surface area contributed by atoms with Crippen LogP contribution in [0.1, 0.15) is 48.6 Å². The zero-order valence-electron chi connectivity index (χ0n) is 12.6. The van der Waals surface area contributed by atoms with E-state index in [4.69, 9.17) is 0 Å². The van der Waals surface area contributed by atoms with Crippen LogP contribution in [-0.4, -0.2) is 11.1 Å². The summed E-state index contributed by atoms with van der Waals surface area (Å²) < 4.78 is 0. The Morgan fingerprint density at radius 1 is 1.06 bits per heavy atom. The molecule has 0 saturated heterocycles. The van der Waals surface area contributed by atoms with Gasteiger partial charge in [-0.25, -0.2) is 0 Å². The van der Waals surface area contributed by atoms with Gasteiger partial charge in [0.2, 0.25) is 0 Å². The fraction of sp³-hybridized carbons (Fsp3) is 0.625. The maximum absolute atomic E-state index is 9.46. The van der Waals surface area contributed by atoms with Crippen molar-refractivity contribution in [3.05, 3.63) is 33.9 Å². The number of nitrogens with one attached hydrogen (secondary N) is 1. The highest BCUT2D eigenvalue weighted by Crippen LogP contribution is 2.22. The predicted octanol–water partition coefficient (Wildman–Crippen LogP) is 3.24. The molecular weight excluding hydrogens is 222 g/mol. The van der Waals surface area contributed by atoms with Crippen LogP contribution >= 0.6 is 0 Å². The average molecular weight is 249 g/mol. The molecule has 2 N–H and O–H groups in total. The fourth-order valence-corrected chi connectivity index (χ4v) is 2.29. The lowest BCUT2D eigenvalue weighted by molar-refractivity contribution is 0.280. The van der Waals surface area contributed by atoms with Gasteiger partial charge in [0.1, 0.15) is 0 Å². The lowest BCUT2D eigenvalue weighted by Gasteiger charge is -2.21. The number of hydrogen-bond donors (Lipinski definition) is 2. The largest absolute Gasteiger partial charge is 0.392 e. The second-order valence-electron chi connectivity index (χ2n) is 5.66. The summed E-state index contributed by atoms with van der Waals surface area (Å²) in [6, 6.07) is 2.68. The number of benzene rings is 1. The minimum Gasteiger partial charge on any atom is -0.392 e. The summed E-state index contributed by atoms with van der Waals surface area (Å²) in [7, 11) is 0.